The predicted octanol–water partition coefficient (Wildman–Crippen LogP) is 4.94. The Bertz CT molecular complexity index is 790. The van der Waals surface area contributed by atoms with Crippen molar-refractivity contribution in [2.75, 3.05) is 0 Å². The van der Waals surface area contributed by atoms with Gasteiger partial charge in [0.25, 0.3) is 0 Å². The highest BCUT2D eigenvalue weighted by Gasteiger charge is 2.36. The fourth-order valence-electron chi connectivity index (χ4n) is 3.25. The maximum atomic E-state index is 9.56. The molecule has 4 aromatic carbocycles. The van der Waals surface area contributed by atoms with E-state index in [1.54, 1.807) is 0 Å². The topological polar surface area (TPSA) is 29.5 Å². The van der Waals surface area contributed by atoms with E-state index in [9.17, 15) is 5.02 Å². The molecule has 0 radical (unpaired) electrons. The molecule has 0 saturated carbocycles. The van der Waals surface area contributed by atoms with Gasteiger partial charge in [-0.25, -0.2) is 0 Å². The lowest BCUT2D eigenvalue weighted by Crippen LogP contribution is -2.34. The molecule has 0 aliphatic heterocycles. The van der Waals surface area contributed by atoms with Gasteiger partial charge in [-0.1, -0.05) is 127 Å². The second kappa shape index (κ2) is 10.3. The minimum absolute atomic E-state index is 0.362. The van der Waals surface area contributed by atoms with Crippen LogP contribution in [0, 0.1) is 0 Å². The van der Waals surface area contributed by atoms with E-state index >= 15 is 0 Å². The van der Waals surface area contributed by atoms with Gasteiger partial charge in [-0.2, -0.15) is 0 Å². The highest BCUT2D eigenvalue weighted by atomic mass is 16.5. The molecule has 28 heavy (non-hydrogen) atoms. The van der Waals surface area contributed by atoms with E-state index in [4.69, 9.17) is 4.65 Å². The molecule has 1 N–H and O–H groups in total. The van der Waals surface area contributed by atoms with Crippen LogP contribution in [0.1, 0.15) is 16.7 Å². The average Bonchev–Trinajstić information content (AvgIpc) is 2.81. The van der Waals surface area contributed by atoms with Crippen molar-refractivity contribution in [3.63, 3.8) is 0 Å². The molecule has 0 heterocycles. The lowest BCUT2D eigenvalue weighted by Gasteiger charge is -2.35. The molecule has 4 aromatic rings. The normalized spacial score (nSPS) is 10.5. The highest BCUT2D eigenvalue weighted by molar-refractivity contribution is 6.16. The fourth-order valence-corrected chi connectivity index (χ4v) is 3.25. The van der Waals surface area contributed by atoms with Crippen molar-refractivity contribution in [3.8, 4) is 0 Å². The van der Waals surface area contributed by atoms with Gasteiger partial charge in [0, 0.05) is 0 Å². The van der Waals surface area contributed by atoms with E-state index in [0.717, 1.165) is 16.7 Å². The molecule has 0 saturated heterocycles. The van der Waals surface area contributed by atoms with Crippen LogP contribution in [0.5, 0.6) is 0 Å². The molecule has 0 aliphatic carbocycles. The second-order valence-electron chi connectivity index (χ2n) is 6.21. The van der Waals surface area contributed by atoms with E-state index in [2.05, 4.69) is 0 Å². The Labute approximate surface area is 167 Å². The van der Waals surface area contributed by atoms with Crippen LogP contribution in [-0.2, 0) is 10.3 Å². The molecule has 0 aromatic heterocycles. The van der Waals surface area contributed by atoms with Crippen LogP contribution in [-0.4, -0.2) is 12.7 Å². The molecule has 0 atom stereocenters. The number of benzene rings is 4. The number of hydrogen-bond acceptors (Lipinski definition) is 2. The van der Waals surface area contributed by atoms with Crippen molar-refractivity contribution in [3.05, 3.63) is 144 Å². The number of hydrogen-bond donors (Lipinski definition) is 1. The summed E-state index contributed by atoms with van der Waals surface area (Å²) in [6.45, 7) is 0. The van der Waals surface area contributed by atoms with E-state index < -0.39 is 5.60 Å². The molecule has 138 valence electrons. The smallest absolute Gasteiger partial charge is 0.430 e. The highest BCUT2D eigenvalue weighted by Crippen LogP contribution is 2.39. The minimum Gasteiger partial charge on any atom is -0.430 e. The lowest BCUT2D eigenvalue weighted by atomic mass is 9.79. The first-order chi connectivity index (χ1) is 13.9. The summed E-state index contributed by atoms with van der Waals surface area (Å²) < 4.78 is 5.94. The SMILES string of the molecule is OBOC(c1ccccc1)(c1ccccc1)c1ccccc1.c1ccccc1. The van der Waals surface area contributed by atoms with Crippen LogP contribution in [0.4, 0.5) is 0 Å². The van der Waals surface area contributed by atoms with Crippen LogP contribution in [0.3, 0.4) is 0 Å². The van der Waals surface area contributed by atoms with Gasteiger partial charge in [-0.3, -0.25) is 0 Å². The zero-order chi connectivity index (χ0) is 19.5. The standard InChI is InChI=1S/C19H17BO2.C6H6/c21-20-22-19(16-10-4-1-5-11-16,17-12-6-2-7-13-17)18-14-8-3-9-15-18;1-2-4-6-5-3-1/h1-15,20-21H;1-6H. The summed E-state index contributed by atoms with van der Waals surface area (Å²) in [6.07, 6.45) is 0. The monoisotopic (exact) mass is 366 g/mol. The van der Waals surface area contributed by atoms with Crippen LogP contribution < -0.4 is 0 Å². The van der Waals surface area contributed by atoms with Crippen LogP contribution in [0.15, 0.2) is 127 Å². The third-order valence-corrected chi connectivity index (χ3v) is 4.49. The molecule has 3 heteroatoms. The Hall–Kier alpha value is -3.14. The lowest BCUT2D eigenvalue weighted by molar-refractivity contribution is 0.138. The second-order valence-corrected chi connectivity index (χ2v) is 6.21. The van der Waals surface area contributed by atoms with Crippen LogP contribution in [0.25, 0.3) is 0 Å². The summed E-state index contributed by atoms with van der Waals surface area (Å²) in [7, 11) is -0.362. The van der Waals surface area contributed by atoms with Gasteiger partial charge >= 0.3 is 7.69 Å². The molecule has 2 nitrogen and oxygen atoms in total. The zero-order valence-electron chi connectivity index (χ0n) is 15.7. The Morgan fingerprint density at radius 2 is 0.714 bits per heavy atom. The summed E-state index contributed by atoms with van der Waals surface area (Å²) in [6, 6.07) is 42.0. The quantitative estimate of drug-likeness (QED) is 0.400. The molecule has 0 spiro atoms. The fraction of sp³-hybridized carbons (Fsp3) is 0.0400. The van der Waals surface area contributed by atoms with E-state index in [1.807, 2.05) is 127 Å². The first-order valence-corrected chi connectivity index (χ1v) is 9.29. The molecular formula is C25H23BO2. The van der Waals surface area contributed by atoms with Gasteiger partial charge in [0.2, 0.25) is 0 Å². The van der Waals surface area contributed by atoms with Gasteiger partial charge in [0.1, 0.15) is 5.60 Å². The van der Waals surface area contributed by atoms with Gasteiger partial charge in [0.15, 0.2) is 0 Å². The molecule has 0 fully saturated rings. The maximum absolute atomic E-state index is 9.56. The van der Waals surface area contributed by atoms with Gasteiger partial charge < -0.3 is 9.68 Å². The summed E-state index contributed by atoms with van der Waals surface area (Å²) in [5, 5.41) is 9.56. The molecule has 4 rings (SSSR count). The third kappa shape index (κ3) is 4.58. The average molecular weight is 366 g/mol. The Balaban J connectivity index is 0.000000320. The van der Waals surface area contributed by atoms with Crippen molar-refractivity contribution in [2.45, 2.75) is 5.60 Å². The first-order valence-electron chi connectivity index (χ1n) is 9.29. The largest absolute Gasteiger partial charge is 0.436 e. The maximum Gasteiger partial charge on any atom is 0.436 e. The van der Waals surface area contributed by atoms with Crippen molar-refractivity contribution >= 4 is 7.69 Å². The summed E-state index contributed by atoms with van der Waals surface area (Å²) >= 11 is 0. The summed E-state index contributed by atoms with van der Waals surface area (Å²) in [5.41, 5.74) is 2.14. The molecular weight excluding hydrogens is 343 g/mol. The minimum atomic E-state index is -0.821. The first kappa shape index (κ1) is 19.6. The number of rotatable bonds is 5. The predicted molar refractivity (Wildman–Crippen MR) is 116 cm³/mol. The third-order valence-electron chi connectivity index (χ3n) is 4.49. The Morgan fingerprint density at radius 1 is 0.464 bits per heavy atom. The summed E-state index contributed by atoms with van der Waals surface area (Å²) in [5.74, 6) is 0. The Kier molecular flexibility index (Phi) is 7.19. The van der Waals surface area contributed by atoms with Gasteiger partial charge in [-0.15, -0.1) is 0 Å². The Morgan fingerprint density at radius 3 is 0.964 bits per heavy atom. The van der Waals surface area contributed by atoms with Gasteiger partial charge in [-0.05, 0) is 16.7 Å². The van der Waals surface area contributed by atoms with Crippen LogP contribution in [0.2, 0.25) is 0 Å². The van der Waals surface area contributed by atoms with Crippen molar-refractivity contribution < 1.29 is 9.68 Å². The zero-order valence-corrected chi connectivity index (χ0v) is 15.7. The van der Waals surface area contributed by atoms with E-state index in [-0.39, 0.29) is 7.69 Å². The van der Waals surface area contributed by atoms with E-state index in [1.165, 1.54) is 0 Å². The van der Waals surface area contributed by atoms with Crippen molar-refractivity contribution in [1.29, 1.82) is 0 Å². The molecule has 0 bridgehead atoms. The molecule has 0 aliphatic rings. The van der Waals surface area contributed by atoms with Crippen molar-refractivity contribution in [1.82, 2.24) is 0 Å². The molecule has 0 unspecified atom stereocenters. The van der Waals surface area contributed by atoms with Crippen molar-refractivity contribution in [2.24, 2.45) is 0 Å². The van der Waals surface area contributed by atoms with Gasteiger partial charge in [0.05, 0.1) is 0 Å². The van der Waals surface area contributed by atoms with E-state index in [0.29, 0.717) is 0 Å². The molecule has 0 amide bonds. The van der Waals surface area contributed by atoms with Crippen LogP contribution >= 0.6 is 0 Å². The summed E-state index contributed by atoms with van der Waals surface area (Å²) in [4.78, 5) is 0.